The van der Waals surface area contributed by atoms with E-state index in [-0.39, 0.29) is 5.56 Å². The number of para-hydroxylation sites is 1. The fourth-order valence-electron chi connectivity index (χ4n) is 1.86. The van der Waals surface area contributed by atoms with Gasteiger partial charge in [-0.15, -0.1) is 0 Å². The van der Waals surface area contributed by atoms with Crippen LogP contribution in [0.25, 0.3) is 0 Å². The average Bonchev–Trinajstić information content (AvgIpc) is 2.52. The van der Waals surface area contributed by atoms with Gasteiger partial charge in [0, 0.05) is 17.8 Å². The summed E-state index contributed by atoms with van der Waals surface area (Å²) in [5, 5.41) is 13.9. The van der Waals surface area contributed by atoms with Crippen molar-refractivity contribution < 1.29 is 14.6 Å². The minimum absolute atomic E-state index is 0.162. The van der Waals surface area contributed by atoms with Gasteiger partial charge in [0.1, 0.15) is 12.4 Å². The lowest BCUT2D eigenvalue weighted by molar-refractivity contribution is -0.255. The van der Waals surface area contributed by atoms with Gasteiger partial charge in [-0.25, -0.2) is 0 Å². The zero-order valence-corrected chi connectivity index (χ0v) is 11.5. The molecule has 0 spiro atoms. The van der Waals surface area contributed by atoms with Crippen molar-refractivity contribution in [1.29, 1.82) is 0 Å². The highest BCUT2D eigenvalue weighted by Crippen LogP contribution is 2.19. The summed E-state index contributed by atoms with van der Waals surface area (Å²) in [6.45, 7) is 4.66. The van der Waals surface area contributed by atoms with Crippen LogP contribution < -0.4 is 15.2 Å². The highest BCUT2D eigenvalue weighted by molar-refractivity contribution is 5.86. The lowest BCUT2D eigenvalue weighted by atomic mass is 10.1. The molecule has 0 saturated carbocycles. The van der Waals surface area contributed by atoms with Gasteiger partial charge < -0.3 is 20.0 Å². The van der Waals surface area contributed by atoms with E-state index in [0.717, 1.165) is 17.0 Å². The summed E-state index contributed by atoms with van der Waals surface area (Å²) in [5.74, 6) is -0.374. The number of carbonyl (C=O) groups is 1. The average molecular weight is 282 g/mol. The number of carbonyl (C=O) groups excluding carboxylic acids is 1. The number of hydrogen-bond acceptors (Lipinski definition) is 4. The van der Waals surface area contributed by atoms with E-state index in [2.05, 4.69) is 11.9 Å². The maximum Gasteiger partial charge on any atom is 0.124 e. The van der Waals surface area contributed by atoms with E-state index >= 15 is 0 Å². The number of nitrogens with one attached hydrogen (secondary N) is 1. The summed E-state index contributed by atoms with van der Waals surface area (Å²) < 4.78 is 5.58. The molecule has 0 amide bonds. The van der Waals surface area contributed by atoms with Crippen molar-refractivity contribution in [2.75, 3.05) is 11.9 Å². The van der Waals surface area contributed by atoms with Crippen LogP contribution in [0.2, 0.25) is 0 Å². The van der Waals surface area contributed by atoms with Crippen molar-refractivity contribution in [3.8, 4) is 5.75 Å². The number of hydrogen-bond donors (Lipinski definition) is 1. The van der Waals surface area contributed by atoms with Gasteiger partial charge in [0.15, 0.2) is 0 Å². The maximum absolute atomic E-state index is 10.7. The second-order valence-corrected chi connectivity index (χ2v) is 4.43. The second kappa shape index (κ2) is 7.14. The van der Waals surface area contributed by atoms with Crippen molar-refractivity contribution in [3.63, 3.8) is 0 Å². The van der Waals surface area contributed by atoms with E-state index in [1.165, 1.54) is 12.1 Å². The van der Waals surface area contributed by atoms with Gasteiger partial charge >= 0.3 is 0 Å². The number of anilines is 1. The first-order chi connectivity index (χ1) is 10.2. The van der Waals surface area contributed by atoms with Crippen molar-refractivity contribution in [2.45, 2.75) is 6.54 Å². The highest BCUT2D eigenvalue weighted by atomic mass is 16.5. The second-order valence-electron chi connectivity index (χ2n) is 4.43. The molecule has 4 heteroatoms. The van der Waals surface area contributed by atoms with Crippen LogP contribution in [-0.4, -0.2) is 12.6 Å². The third kappa shape index (κ3) is 4.11. The van der Waals surface area contributed by atoms with Crippen LogP contribution in [0.1, 0.15) is 15.9 Å². The molecule has 1 N–H and O–H groups in total. The maximum atomic E-state index is 10.7. The molecule has 0 fully saturated rings. The molecule has 21 heavy (non-hydrogen) atoms. The summed E-state index contributed by atoms with van der Waals surface area (Å²) in [6, 6.07) is 14.2. The van der Waals surface area contributed by atoms with Crippen molar-refractivity contribution in [3.05, 3.63) is 72.3 Å². The van der Waals surface area contributed by atoms with Crippen molar-refractivity contribution >= 4 is 11.7 Å². The number of carboxylic acids is 1. The Morgan fingerprint density at radius 3 is 2.57 bits per heavy atom. The Kier molecular flexibility index (Phi) is 4.99. The van der Waals surface area contributed by atoms with E-state index in [9.17, 15) is 9.90 Å². The Labute approximate surface area is 123 Å². The third-order valence-electron chi connectivity index (χ3n) is 2.93. The van der Waals surface area contributed by atoms with Crippen LogP contribution in [0.5, 0.6) is 5.75 Å². The summed E-state index contributed by atoms with van der Waals surface area (Å²) in [6.07, 6.45) is 1.70. The normalized spacial score (nSPS) is 9.90. The van der Waals surface area contributed by atoms with Crippen LogP contribution >= 0.6 is 0 Å². The monoisotopic (exact) mass is 282 g/mol. The Morgan fingerprint density at radius 2 is 1.90 bits per heavy atom. The molecule has 0 heterocycles. The van der Waals surface area contributed by atoms with Gasteiger partial charge in [-0.2, -0.15) is 0 Å². The largest absolute Gasteiger partial charge is 0.545 e. The predicted octanol–water partition coefficient (Wildman–Crippen LogP) is 2.23. The molecule has 0 bridgehead atoms. The Balaban J connectivity index is 2.02. The number of ether oxygens (including phenoxy) is 1. The summed E-state index contributed by atoms with van der Waals surface area (Å²) in [7, 11) is 0. The SMILES string of the molecule is C=CCOc1ccccc1CNc1ccc(C(=O)[O-])cc1. The molecule has 0 aromatic heterocycles. The molecule has 2 aromatic rings. The standard InChI is InChI=1S/C17H17NO3/c1-2-11-21-16-6-4-3-5-14(16)12-18-15-9-7-13(8-10-15)17(19)20/h2-10,18H,1,11-12H2,(H,19,20)/p-1. The van der Waals surface area contributed by atoms with Crippen LogP contribution in [0.15, 0.2) is 61.2 Å². The summed E-state index contributed by atoms with van der Waals surface area (Å²) in [4.78, 5) is 10.7. The molecule has 0 aliphatic rings. The molecular weight excluding hydrogens is 266 g/mol. The minimum Gasteiger partial charge on any atom is -0.545 e. The van der Waals surface area contributed by atoms with Crippen LogP contribution in [0.4, 0.5) is 5.69 Å². The van der Waals surface area contributed by atoms with Gasteiger partial charge in [0.25, 0.3) is 0 Å². The van der Waals surface area contributed by atoms with Crippen LogP contribution in [0, 0.1) is 0 Å². The van der Waals surface area contributed by atoms with E-state index in [1.807, 2.05) is 24.3 Å². The first-order valence-corrected chi connectivity index (χ1v) is 6.57. The smallest absolute Gasteiger partial charge is 0.124 e. The molecule has 0 saturated heterocycles. The number of rotatable bonds is 7. The number of aromatic carboxylic acids is 1. The Morgan fingerprint density at radius 1 is 1.19 bits per heavy atom. The first kappa shape index (κ1) is 14.7. The molecule has 2 aromatic carbocycles. The van der Waals surface area contributed by atoms with Gasteiger partial charge in [-0.3, -0.25) is 0 Å². The van der Waals surface area contributed by atoms with Crippen molar-refractivity contribution in [2.24, 2.45) is 0 Å². The molecule has 108 valence electrons. The molecule has 0 aliphatic heterocycles. The lowest BCUT2D eigenvalue weighted by Crippen LogP contribution is -2.21. The molecule has 2 rings (SSSR count). The number of carboxylic acid groups (broad SMARTS) is 1. The molecular formula is C17H16NO3-. The Hall–Kier alpha value is -2.75. The fourth-order valence-corrected chi connectivity index (χ4v) is 1.86. The predicted molar refractivity (Wildman–Crippen MR) is 80.2 cm³/mol. The quantitative estimate of drug-likeness (QED) is 0.791. The summed E-state index contributed by atoms with van der Waals surface area (Å²) in [5.41, 5.74) is 2.01. The van der Waals surface area contributed by atoms with Gasteiger partial charge in [-0.1, -0.05) is 43.0 Å². The third-order valence-corrected chi connectivity index (χ3v) is 2.93. The molecule has 0 atom stereocenters. The highest BCUT2D eigenvalue weighted by Gasteiger charge is 2.02. The Bertz CT molecular complexity index is 620. The van der Waals surface area contributed by atoms with E-state index in [0.29, 0.717) is 13.2 Å². The van der Waals surface area contributed by atoms with Crippen molar-refractivity contribution in [1.82, 2.24) is 0 Å². The molecule has 4 nitrogen and oxygen atoms in total. The minimum atomic E-state index is -1.18. The zero-order valence-electron chi connectivity index (χ0n) is 11.5. The van der Waals surface area contributed by atoms with E-state index < -0.39 is 5.97 Å². The topological polar surface area (TPSA) is 61.4 Å². The first-order valence-electron chi connectivity index (χ1n) is 6.57. The molecule has 0 aliphatic carbocycles. The van der Waals surface area contributed by atoms with Gasteiger partial charge in [-0.05, 0) is 23.8 Å². The van der Waals surface area contributed by atoms with Gasteiger partial charge in [0.2, 0.25) is 0 Å². The van der Waals surface area contributed by atoms with E-state index in [4.69, 9.17) is 4.74 Å². The summed E-state index contributed by atoms with van der Waals surface area (Å²) >= 11 is 0. The molecule has 0 unspecified atom stereocenters. The lowest BCUT2D eigenvalue weighted by Gasteiger charge is -2.12. The molecule has 0 radical (unpaired) electrons. The van der Waals surface area contributed by atoms with E-state index in [1.54, 1.807) is 18.2 Å². The fraction of sp³-hybridized carbons (Fsp3) is 0.118. The van der Waals surface area contributed by atoms with Crippen LogP contribution in [0.3, 0.4) is 0 Å². The van der Waals surface area contributed by atoms with Crippen LogP contribution in [-0.2, 0) is 6.54 Å². The van der Waals surface area contributed by atoms with Gasteiger partial charge in [0.05, 0.1) is 5.97 Å². The zero-order chi connectivity index (χ0) is 15.1. The number of benzene rings is 2.